The van der Waals surface area contributed by atoms with Gasteiger partial charge in [-0.25, -0.2) is 0 Å². The lowest BCUT2D eigenvalue weighted by molar-refractivity contribution is -0.116. The number of carbonyl (C=O) groups is 1. The van der Waals surface area contributed by atoms with Crippen molar-refractivity contribution in [1.29, 1.82) is 0 Å². The lowest BCUT2D eigenvalue weighted by Gasteiger charge is -2.28. The van der Waals surface area contributed by atoms with Gasteiger partial charge in [0.15, 0.2) is 5.11 Å². The number of carbonyl (C=O) groups excluding carboxylic acids is 1. The van der Waals surface area contributed by atoms with Gasteiger partial charge in [-0.2, -0.15) is 0 Å². The van der Waals surface area contributed by atoms with Crippen LogP contribution in [0.2, 0.25) is 0 Å². The van der Waals surface area contributed by atoms with E-state index in [0.717, 1.165) is 34.8 Å². The first-order chi connectivity index (χ1) is 19.3. The maximum Gasteiger partial charge on any atom is 0.226 e. The van der Waals surface area contributed by atoms with Crippen molar-refractivity contribution in [1.82, 2.24) is 19.8 Å². The molecule has 0 aliphatic carbocycles. The molecule has 7 heteroatoms. The summed E-state index contributed by atoms with van der Waals surface area (Å²) in [6.45, 7) is 11.2. The van der Waals surface area contributed by atoms with Gasteiger partial charge < -0.3 is 20.1 Å². The summed E-state index contributed by atoms with van der Waals surface area (Å²) in [5, 5.41) is 7.28. The van der Waals surface area contributed by atoms with E-state index >= 15 is 0 Å². The maximum atomic E-state index is 13.1. The van der Waals surface area contributed by atoms with Crippen LogP contribution in [0, 0.1) is 27.7 Å². The predicted octanol–water partition coefficient (Wildman–Crippen LogP) is 6.67. The Hall–Kier alpha value is -3.97. The van der Waals surface area contributed by atoms with Gasteiger partial charge in [0.1, 0.15) is 0 Å². The Morgan fingerprint density at radius 2 is 1.80 bits per heavy atom. The average Bonchev–Trinajstić information content (AvgIpc) is 3.44. The fourth-order valence-corrected chi connectivity index (χ4v) is 6.14. The van der Waals surface area contributed by atoms with E-state index in [2.05, 4.69) is 84.0 Å². The first-order valence-electron chi connectivity index (χ1n) is 13.9. The molecular weight excluding hydrogens is 514 g/mol. The molecule has 3 heterocycles. The van der Waals surface area contributed by atoms with Gasteiger partial charge in [0.25, 0.3) is 0 Å². The van der Waals surface area contributed by atoms with Crippen molar-refractivity contribution in [3.8, 4) is 5.69 Å². The molecular formula is C33H37N5OS. The van der Waals surface area contributed by atoms with Crippen molar-refractivity contribution in [3.05, 3.63) is 112 Å². The van der Waals surface area contributed by atoms with Crippen LogP contribution >= 0.6 is 12.2 Å². The summed E-state index contributed by atoms with van der Waals surface area (Å²) in [5.74, 6) is -0.0235. The van der Waals surface area contributed by atoms with Gasteiger partial charge in [-0.15, -0.1) is 0 Å². The number of aryl methyl sites for hydroxylation is 3. The molecule has 1 aliphatic heterocycles. The molecule has 0 saturated carbocycles. The third-order valence-electron chi connectivity index (χ3n) is 8.06. The largest absolute Gasteiger partial charge is 0.352 e. The van der Waals surface area contributed by atoms with Crippen LogP contribution in [-0.4, -0.2) is 32.0 Å². The Kier molecular flexibility index (Phi) is 8.03. The van der Waals surface area contributed by atoms with Crippen LogP contribution in [0.5, 0.6) is 0 Å². The number of para-hydroxylation sites is 1. The van der Waals surface area contributed by atoms with Crippen LogP contribution in [0.1, 0.15) is 64.8 Å². The topological polar surface area (TPSA) is 62.2 Å². The van der Waals surface area contributed by atoms with Crippen LogP contribution in [0.15, 0.2) is 72.9 Å². The fraction of sp³-hybridized carbons (Fsp3) is 0.303. The molecule has 1 amide bonds. The normalized spacial score (nSPS) is 16.7. The van der Waals surface area contributed by atoms with E-state index in [1.54, 1.807) is 0 Å². The lowest BCUT2D eigenvalue weighted by Crippen LogP contribution is -2.33. The molecule has 0 unspecified atom stereocenters. The summed E-state index contributed by atoms with van der Waals surface area (Å²) < 4.78 is 2.33. The zero-order valence-electron chi connectivity index (χ0n) is 23.9. The highest BCUT2D eigenvalue weighted by Gasteiger charge is 2.41. The molecule has 6 nitrogen and oxygen atoms in total. The molecule has 1 saturated heterocycles. The van der Waals surface area contributed by atoms with Crippen molar-refractivity contribution >= 4 is 28.9 Å². The molecule has 206 valence electrons. The summed E-state index contributed by atoms with van der Waals surface area (Å²) in [6.07, 6.45) is 3.00. The minimum absolute atomic E-state index is 0.0235. The monoisotopic (exact) mass is 551 g/mol. The molecule has 0 radical (unpaired) electrons. The highest BCUT2D eigenvalue weighted by molar-refractivity contribution is 7.80. The van der Waals surface area contributed by atoms with E-state index in [9.17, 15) is 4.79 Å². The summed E-state index contributed by atoms with van der Waals surface area (Å²) in [6, 6.07) is 22.4. The molecule has 2 aromatic heterocycles. The second-order valence-corrected chi connectivity index (χ2v) is 10.9. The Morgan fingerprint density at radius 1 is 1.02 bits per heavy atom. The molecule has 40 heavy (non-hydrogen) atoms. The van der Waals surface area contributed by atoms with Gasteiger partial charge in [0.05, 0.1) is 17.8 Å². The third-order valence-corrected chi connectivity index (χ3v) is 8.41. The zero-order valence-corrected chi connectivity index (χ0v) is 24.7. The molecule has 1 fully saturated rings. The standard InChI is InChI=1S/C33H37N5OS/c1-6-25-13-7-8-14-27(25)35-30(39)17-19-37-32(31(36-33(37)40)28-15-9-10-18-34-28)26-20-22(3)38(24(26)5)29-16-11-12-21(2)23(29)4/h7-16,18,20,31-32H,6,17,19H2,1-5H3,(H,35,39)(H,36,40)/t31-,32+/m1/s1. The van der Waals surface area contributed by atoms with Crippen molar-refractivity contribution in [3.63, 3.8) is 0 Å². The number of rotatable bonds is 8. The summed E-state index contributed by atoms with van der Waals surface area (Å²) in [4.78, 5) is 19.9. The Morgan fingerprint density at radius 3 is 2.55 bits per heavy atom. The highest BCUT2D eigenvalue weighted by atomic mass is 32.1. The number of hydrogen-bond acceptors (Lipinski definition) is 3. The van der Waals surface area contributed by atoms with E-state index in [-0.39, 0.29) is 18.0 Å². The van der Waals surface area contributed by atoms with Crippen molar-refractivity contribution in [2.24, 2.45) is 0 Å². The van der Waals surface area contributed by atoms with Gasteiger partial charge in [-0.1, -0.05) is 43.3 Å². The van der Waals surface area contributed by atoms with Crippen LogP contribution in [0.25, 0.3) is 5.69 Å². The molecule has 2 aromatic carbocycles. The third kappa shape index (κ3) is 5.26. The second kappa shape index (κ2) is 11.6. The number of aromatic nitrogens is 2. The Bertz CT molecular complexity index is 1540. The number of benzene rings is 2. The maximum absolute atomic E-state index is 13.1. The smallest absolute Gasteiger partial charge is 0.226 e. The van der Waals surface area contributed by atoms with Gasteiger partial charge in [0, 0.05) is 41.9 Å². The quantitative estimate of drug-likeness (QED) is 0.240. The molecule has 4 aromatic rings. The lowest BCUT2D eigenvalue weighted by atomic mass is 9.96. The van der Waals surface area contributed by atoms with Crippen LogP contribution in [0.3, 0.4) is 0 Å². The molecule has 2 atom stereocenters. The van der Waals surface area contributed by atoms with Crippen molar-refractivity contribution in [2.75, 3.05) is 11.9 Å². The second-order valence-electron chi connectivity index (χ2n) is 10.5. The van der Waals surface area contributed by atoms with Gasteiger partial charge in [-0.3, -0.25) is 9.78 Å². The number of nitrogens with one attached hydrogen (secondary N) is 2. The summed E-state index contributed by atoms with van der Waals surface area (Å²) in [7, 11) is 0. The van der Waals surface area contributed by atoms with E-state index in [1.165, 1.54) is 22.4 Å². The fourth-order valence-electron chi connectivity index (χ4n) is 5.81. The summed E-state index contributed by atoms with van der Waals surface area (Å²) in [5.41, 5.74) is 10.1. The SMILES string of the molecule is CCc1ccccc1NC(=O)CCN1C(=S)N[C@H](c2ccccn2)[C@@H]1c1cc(C)n(-c2cccc(C)c2C)c1C. The number of thiocarbonyl (C=S) groups is 1. The Labute approximate surface area is 242 Å². The molecule has 2 N–H and O–H groups in total. The number of nitrogens with zero attached hydrogens (tertiary/aromatic N) is 3. The first kappa shape index (κ1) is 27.6. The highest BCUT2D eigenvalue weighted by Crippen LogP contribution is 2.41. The Balaban J connectivity index is 1.49. The van der Waals surface area contributed by atoms with Crippen molar-refractivity contribution < 1.29 is 4.79 Å². The zero-order chi connectivity index (χ0) is 28.4. The molecule has 5 rings (SSSR count). The minimum atomic E-state index is -0.134. The van der Waals surface area contributed by atoms with E-state index in [4.69, 9.17) is 12.2 Å². The number of pyridine rings is 1. The molecule has 0 bridgehead atoms. The van der Waals surface area contributed by atoms with Crippen LogP contribution < -0.4 is 10.6 Å². The number of amides is 1. The van der Waals surface area contributed by atoms with E-state index in [1.807, 2.05) is 48.7 Å². The predicted molar refractivity (Wildman–Crippen MR) is 166 cm³/mol. The van der Waals surface area contributed by atoms with Crippen LogP contribution in [0.4, 0.5) is 5.69 Å². The first-order valence-corrected chi connectivity index (χ1v) is 14.3. The van der Waals surface area contributed by atoms with Crippen LogP contribution in [-0.2, 0) is 11.2 Å². The van der Waals surface area contributed by atoms with E-state index < -0.39 is 0 Å². The molecule has 0 spiro atoms. The van der Waals surface area contributed by atoms with Gasteiger partial charge in [0.2, 0.25) is 5.91 Å². The minimum Gasteiger partial charge on any atom is -0.352 e. The van der Waals surface area contributed by atoms with Gasteiger partial charge >= 0.3 is 0 Å². The summed E-state index contributed by atoms with van der Waals surface area (Å²) >= 11 is 5.88. The van der Waals surface area contributed by atoms with Gasteiger partial charge in [-0.05, 0) is 98.9 Å². The van der Waals surface area contributed by atoms with Crippen molar-refractivity contribution in [2.45, 2.75) is 59.5 Å². The number of hydrogen-bond donors (Lipinski definition) is 2. The average molecular weight is 552 g/mol. The number of anilines is 1. The molecule has 1 aliphatic rings. The van der Waals surface area contributed by atoms with E-state index in [0.29, 0.717) is 18.1 Å².